The molecule has 1 aromatic carbocycles. The summed E-state index contributed by atoms with van der Waals surface area (Å²) in [6.45, 7) is 6.47. The van der Waals surface area contributed by atoms with Gasteiger partial charge < -0.3 is 20.0 Å². The molecule has 1 atom stereocenters. The number of anilines is 1. The first-order valence-electron chi connectivity index (χ1n) is 9.46. The minimum absolute atomic E-state index is 0.0978. The fourth-order valence-corrected chi connectivity index (χ4v) is 4.09. The van der Waals surface area contributed by atoms with Crippen LogP contribution in [0.15, 0.2) is 24.3 Å². The summed E-state index contributed by atoms with van der Waals surface area (Å²) in [5, 5.41) is 3.92. The van der Waals surface area contributed by atoms with Gasteiger partial charge in [0, 0.05) is 56.0 Å². The van der Waals surface area contributed by atoms with E-state index >= 15 is 0 Å². The van der Waals surface area contributed by atoms with Crippen LogP contribution in [0.5, 0.6) is 0 Å². The fraction of sp³-hybridized carbons (Fsp3) is 0.632. The molecule has 136 valence electrons. The maximum atomic E-state index is 12.4. The van der Waals surface area contributed by atoms with E-state index < -0.39 is 0 Å². The van der Waals surface area contributed by atoms with Crippen molar-refractivity contribution in [2.45, 2.75) is 25.3 Å². The van der Waals surface area contributed by atoms with Crippen molar-refractivity contribution in [2.75, 3.05) is 50.7 Å². The smallest absolute Gasteiger partial charge is 0.317 e. The molecule has 6 heteroatoms. The van der Waals surface area contributed by atoms with Crippen LogP contribution in [0.1, 0.15) is 19.3 Å². The van der Waals surface area contributed by atoms with Crippen LogP contribution in [0, 0.1) is 5.92 Å². The second-order valence-electron chi connectivity index (χ2n) is 7.52. The summed E-state index contributed by atoms with van der Waals surface area (Å²) in [6, 6.07) is 8.88. The number of carbonyl (C=O) groups is 1. The number of piperazine rings is 1. The summed E-state index contributed by atoms with van der Waals surface area (Å²) in [5.74, 6) is 0.625. The maximum Gasteiger partial charge on any atom is 0.317 e. The molecule has 2 saturated heterocycles. The molecule has 0 radical (unpaired) electrons. The van der Waals surface area contributed by atoms with Crippen molar-refractivity contribution in [3.05, 3.63) is 29.3 Å². The van der Waals surface area contributed by atoms with Crippen LogP contribution in [0.3, 0.4) is 0 Å². The van der Waals surface area contributed by atoms with Gasteiger partial charge in [-0.25, -0.2) is 4.79 Å². The maximum absolute atomic E-state index is 12.4. The van der Waals surface area contributed by atoms with Gasteiger partial charge in [-0.3, -0.25) is 0 Å². The fourth-order valence-electron chi connectivity index (χ4n) is 3.96. The SMILES string of the molecule is O=C(NC[C@H]1CCN(C2CC2)C1)N1CCN(c2ccc(Cl)cc2)CC1. The standard InChI is InChI=1S/C19H27ClN4O/c20-16-1-3-17(4-2-16)22-9-11-23(12-10-22)19(25)21-13-15-7-8-24(14-15)18-5-6-18/h1-4,15,18H,5-14H2,(H,21,25)/t15-/m1/s1. The summed E-state index contributed by atoms with van der Waals surface area (Å²) in [4.78, 5) is 19.3. The van der Waals surface area contributed by atoms with Crippen molar-refractivity contribution in [3.63, 3.8) is 0 Å². The van der Waals surface area contributed by atoms with Gasteiger partial charge in [-0.1, -0.05) is 11.6 Å². The molecule has 3 aliphatic rings. The number of urea groups is 1. The van der Waals surface area contributed by atoms with Gasteiger partial charge in [0.25, 0.3) is 0 Å². The largest absolute Gasteiger partial charge is 0.368 e. The molecule has 0 bridgehead atoms. The van der Waals surface area contributed by atoms with E-state index in [2.05, 4.69) is 15.1 Å². The van der Waals surface area contributed by atoms with E-state index in [1.54, 1.807) is 0 Å². The number of nitrogens with zero attached hydrogens (tertiary/aromatic N) is 3. The molecule has 4 rings (SSSR count). The van der Waals surface area contributed by atoms with E-state index in [-0.39, 0.29) is 6.03 Å². The molecule has 0 spiro atoms. The molecule has 1 aliphatic carbocycles. The normalized spacial score (nSPS) is 24.6. The van der Waals surface area contributed by atoms with Crippen molar-refractivity contribution < 1.29 is 4.79 Å². The van der Waals surface area contributed by atoms with Crippen molar-refractivity contribution in [2.24, 2.45) is 5.92 Å². The van der Waals surface area contributed by atoms with Crippen LogP contribution in [-0.2, 0) is 0 Å². The molecular formula is C19H27ClN4O. The molecular weight excluding hydrogens is 336 g/mol. The van der Waals surface area contributed by atoms with Crippen molar-refractivity contribution >= 4 is 23.3 Å². The average molecular weight is 363 g/mol. The third kappa shape index (κ3) is 4.21. The molecule has 25 heavy (non-hydrogen) atoms. The number of nitrogens with one attached hydrogen (secondary N) is 1. The van der Waals surface area contributed by atoms with Crippen LogP contribution >= 0.6 is 11.6 Å². The number of hydrogen-bond donors (Lipinski definition) is 1. The third-order valence-corrected chi connectivity index (χ3v) is 5.93. The molecule has 0 unspecified atom stereocenters. The molecule has 2 amide bonds. The van der Waals surface area contributed by atoms with Crippen LogP contribution in [0.25, 0.3) is 0 Å². The number of hydrogen-bond acceptors (Lipinski definition) is 3. The molecule has 1 saturated carbocycles. The van der Waals surface area contributed by atoms with Crippen molar-refractivity contribution in [1.29, 1.82) is 0 Å². The molecule has 1 N–H and O–H groups in total. The first-order valence-corrected chi connectivity index (χ1v) is 9.84. The van der Waals surface area contributed by atoms with Crippen LogP contribution in [0.4, 0.5) is 10.5 Å². The Balaban J connectivity index is 1.19. The van der Waals surface area contributed by atoms with Crippen LogP contribution in [0.2, 0.25) is 5.02 Å². The van der Waals surface area contributed by atoms with Crippen LogP contribution < -0.4 is 10.2 Å². The third-order valence-electron chi connectivity index (χ3n) is 5.68. The Kier molecular flexibility index (Phi) is 5.04. The Bertz CT molecular complexity index is 596. The Morgan fingerprint density at radius 3 is 2.44 bits per heavy atom. The van der Waals surface area contributed by atoms with Gasteiger partial charge in [0.15, 0.2) is 0 Å². The second kappa shape index (κ2) is 7.42. The van der Waals surface area contributed by atoms with Crippen molar-refractivity contribution in [1.82, 2.24) is 15.1 Å². The minimum Gasteiger partial charge on any atom is -0.368 e. The van der Waals surface area contributed by atoms with Gasteiger partial charge >= 0.3 is 6.03 Å². The van der Waals surface area contributed by atoms with Gasteiger partial charge in [0.2, 0.25) is 0 Å². The lowest BCUT2D eigenvalue weighted by atomic mass is 10.1. The predicted molar refractivity (Wildman–Crippen MR) is 101 cm³/mol. The van der Waals surface area contributed by atoms with Gasteiger partial charge in [0.05, 0.1) is 0 Å². The van der Waals surface area contributed by atoms with E-state index in [1.807, 2.05) is 29.2 Å². The van der Waals surface area contributed by atoms with E-state index in [0.717, 1.165) is 50.3 Å². The Morgan fingerprint density at radius 1 is 1.04 bits per heavy atom. The highest BCUT2D eigenvalue weighted by Crippen LogP contribution is 2.31. The highest BCUT2D eigenvalue weighted by Gasteiger charge is 2.34. The summed E-state index contributed by atoms with van der Waals surface area (Å²) in [5.41, 5.74) is 1.18. The number of carbonyl (C=O) groups excluding carboxylic acids is 1. The number of halogens is 1. The molecule has 2 aliphatic heterocycles. The predicted octanol–water partition coefficient (Wildman–Crippen LogP) is 2.66. The second-order valence-corrected chi connectivity index (χ2v) is 7.95. The number of amides is 2. The lowest BCUT2D eigenvalue weighted by Crippen LogP contribution is -2.52. The number of benzene rings is 1. The zero-order valence-corrected chi connectivity index (χ0v) is 15.4. The number of rotatable bonds is 4. The lowest BCUT2D eigenvalue weighted by Gasteiger charge is -2.36. The summed E-state index contributed by atoms with van der Waals surface area (Å²) in [7, 11) is 0. The van der Waals surface area contributed by atoms with Gasteiger partial charge in [-0.05, 0) is 56.0 Å². The van der Waals surface area contributed by atoms with E-state index in [1.165, 1.54) is 31.5 Å². The Hall–Kier alpha value is -1.46. The first-order chi connectivity index (χ1) is 12.2. The van der Waals surface area contributed by atoms with E-state index in [4.69, 9.17) is 11.6 Å². The first kappa shape index (κ1) is 17.0. The van der Waals surface area contributed by atoms with Gasteiger partial charge in [-0.2, -0.15) is 0 Å². The zero-order chi connectivity index (χ0) is 17.2. The van der Waals surface area contributed by atoms with E-state index in [9.17, 15) is 4.79 Å². The topological polar surface area (TPSA) is 38.8 Å². The van der Waals surface area contributed by atoms with Crippen molar-refractivity contribution in [3.8, 4) is 0 Å². The summed E-state index contributed by atoms with van der Waals surface area (Å²) in [6.07, 6.45) is 3.97. The molecule has 5 nitrogen and oxygen atoms in total. The minimum atomic E-state index is 0.0978. The quantitative estimate of drug-likeness (QED) is 0.895. The summed E-state index contributed by atoms with van der Waals surface area (Å²) >= 11 is 5.95. The van der Waals surface area contributed by atoms with E-state index in [0.29, 0.717) is 5.92 Å². The molecule has 3 fully saturated rings. The Labute approximate surface area is 154 Å². The van der Waals surface area contributed by atoms with Gasteiger partial charge in [-0.15, -0.1) is 0 Å². The van der Waals surface area contributed by atoms with Crippen LogP contribution in [-0.4, -0.2) is 67.7 Å². The summed E-state index contributed by atoms with van der Waals surface area (Å²) < 4.78 is 0. The average Bonchev–Trinajstić information content (AvgIpc) is 3.39. The molecule has 1 aromatic rings. The zero-order valence-electron chi connectivity index (χ0n) is 14.7. The highest BCUT2D eigenvalue weighted by atomic mass is 35.5. The Morgan fingerprint density at radius 2 is 1.76 bits per heavy atom. The highest BCUT2D eigenvalue weighted by molar-refractivity contribution is 6.30. The monoisotopic (exact) mass is 362 g/mol. The molecule has 0 aromatic heterocycles. The molecule has 2 heterocycles. The lowest BCUT2D eigenvalue weighted by molar-refractivity contribution is 0.192. The van der Waals surface area contributed by atoms with Gasteiger partial charge in [0.1, 0.15) is 0 Å². The number of likely N-dealkylation sites (tertiary alicyclic amines) is 1.